The molecule has 7 heteroatoms. The summed E-state index contributed by atoms with van der Waals surface area (Å²) in [5.74, 6) is 2.07. The monoisotopic (exact) mass is 416 g/mol. The third kappa shape index (κ3) is 10.6. The number of ether oxygens (including phenoxy) is 3. The van der Waals surface area contributed by atoms with E-state index >= 15 is 0 Å². The van der Waals surface area contributed by atoms with E-state index in [9.17, 15) is 0 Å². The first kappa shape index (κ1) is 31.1. The average molecular weight is 417 g/mol. The number of hydrogen-bond donors (Lipinski definition) is 1. The molecule has 0 aliphatic heterocycles. The fourth-order valence-corrected chi connectivity index (χ4v) is 2.15. The molecule has 0 aliphatic rings. The molecule has 2 N–H and O–H groups in total. The van der Waals surface area contributed by atoms with Crippen molar-refractivity contribution in [1.82, 2.24) is 0 Å². The molecule has 164 valence electrons. The molecular weight excluding hydrogens is 384 g/mol. The molecule has 0 radical (unpaired) electrons. The van der Waals surface area contributed by atoms with Crippen LogP contribution >= 0.6 is 0 Å². The standard InChI is InChI=1S/C18H17NO3.C2H6.CH5N.2CH2O/c1-20-15-6-4-5-13(9-15)18(7-8-19)14-10-16(21-2)12-17(11-14)22-3;4*1-2/h4-7,9-12H,1-3H3;1-2H3;2H2,1H3;2*1H2/b18-7+;;;;. The molecule has 2 aromatic carbocycles. The number of rotatable bonds is 5. The largest absolute Gasteiger partial charge is 0.497 e. The SMILES string of the molecule is C=O.C=O.CC.CN.COc1cccc(/C(=C\C#N)c2cc(OC)cc(OC)c2)c1. The number of nitriles is 1. The fourth-order valence-electron chi connectivity index (χ4n) is 2.15. The third-order valence-corrected chi connectivity index (χ3v) is 3.25. The zero-order valence-corrected chi connectivity index (χ0v) is 18.6. The number of hydrogen-bond acceptors (Lipinski definition) is 7. The van der Waals surface area contributed by atoms with Crippen LogP contribution in [0.3, 0.4) is 0 Å². The lowest BCUT2D eigenvalue weighted by atomic mass is 9.97. The Hall–Kier alpha value is -3.63. The molecule has 0 saturated carbocycles. The minimum absolute atomic E-state index is 0.668. The number of carbonyl (C=O) groups excluding carboxylic acids is 2. The number of allylic oxidation sites excluding steroid dienone is 1. The van der Waals surface area contributed by atoms with Crippen LogP contribution in [0.25, 0.3) is 5.57 Å². The second-order valence-corrected chi connectivity index (χ2v) is 4.52. The molecular formula is C23H32N2O5. The minimum Gasteiger partial charge on any atom is -0.497 e. The van der Waals surface area contributed by atoms with Gasteiger partial charge < -0.3 is 29.5 Å². The molecule has 0 aromatic heterocycles. The van der Waals surface area contributed by atoms with Gasteiger partial charge >= 0.3 is 0 Å². The molecule has 0 amide bonds. The van der Waals surface area contributed by atoms with Gasteiger partial charge in [-0.2, -0.15) is 5.26 Å². The van der Waals surface area contributed by atoms with Crippen molar-refractivity contribution >= 4 is 19.2 Å². The Balaban J connectivity index is -0.000000815. The molecule has 0 unspecified atom stereocenters. The maximum Gasteiger partial charge on any atom is 0.123 e. The smallest absolute Gasteiger partial charge is 0.123 e. The number of carbonyl (C=O) groups is 2. The highest BCUT2D eigenvalue weighted by atomic mass is 16.5. The molecule has 0 saturated heterocycles. The highest BCUT2D eigenvalue weighted by Gasteiger charge is 2.10. The van der Waals surface area contributed by atoms with Crippen molar-refractivity contribution in [3.8, 4) is 23.3 Å². The lowest BCUT2D eigenvalue weighted by Gasteiger charge is -2.12. The molecule has 0 spiro atoms. The lowest BCUT2D eigenvalue weighted by Crippen LogP contribution is -1.93. The van der Waals surface area contributed by atoms with Crippen molar-refractivity contribution in [2.24, 2.45) is 5.73 Å². The quantitative estimate of drug-likeness (QED) is 0.736. The van der Waals surface area contributed by atoms with E-state index in [-0.39, 0.29) is 0 Å². The summed E-state index contributed by atoms with van der Waals surface area (Å²) < 4.78 is 15.8. The predicted octanol–water partition coefficient (Wildman–Crippen LogP) is 3.90. The van der Waals surface area contributed by atoms with E-state index in [1.807, 2.05) is 63.8 Å². The highest BCUT2D eigenvalue weighted by Crippen LogP contribution is 2.31. The van der Waals surface area contributed by atoms with E-state index in [2.05, 4.69) is 11.8 Å². The van der Waals surface area contributed by atoms with E-state index in [0.29, 0.717) is 11.5 Å². The first-order chi connectivity index (χ1) is 14.7. The van der Waals surface area contributed by atoms with E-state index < -0.39 is 0 Å². The van der Waals surface area contributed by atoms with Crippen molar-refractivity contribution in [3.63, 3.8) is 0 Å². The lowest BCUT2D eigenvalue weighted by molar-refractivity contribution is -0.0987. The summed E-state index contributed by atoms with van der Waals surface area (Å²) in [4.78, 5) is 16.0. The van der Waals surface area contributed by atoms with Crippen LogP contribution < -0.4 is 19.9 Å². The Morgan fingerprint density at radius 1 is 0.833 bits per heavy atom. The summed E-state index contributed by atoms with van der Waals surface area (Å²) >= 11 is 0. The number of benzene rings is 2. The van der Waals surface area contributed by atoms with E-state index in [0.717, 1.165) is 22.4 Å². The van der Waals surface area contributed by atoms with Gasteiger partial charge in [-0.3, -0.25) is 0 Å². The molecule has 30 heavy (non-hydrogen) atoms. The van der Waals surface area contributed by atoms with Gasteiger partial charge in [0.05, 0.1) is 27.4 Å². The summed E-state index contributed by atoms with van der Waals surface area (Å²) in [7, 11) is 6.30. The van der Waals surface area contributed by atoms with E-state index in [4.69, 9.17) is 29.1 Å². The van der Waals surface area contributed by atoms with Crippen LogP contribution in [0.15, 0.2) is 48.5 Å². The van der Waals surface area contributed by atoms with Gasteiger partial charge in [-0.25, -0.2) is 0 Å². The van der Waals surface area contributed by atoms with Crippen molar-refractivity contribution in [2.45, 2.75) is 13.8 Å². The van der Waals surface area contributed by atoms with Crippen molar-refractivity contribution in [3.05, 3.63) is 59.7 Å². The Morgan fingerprint density at radius 2 is 1.27 bits per heavy atom. The van der Waals surface area contributed by atoms with Gasteiger partial charge in [0.25, 0.3) is 0 Å². The zero-order valence-electron chi connectivity index (χ0n) is 18.6. The van der Waals surface area contributed by atoms with Crippen LogP contribution in [0.4, 0.5) is 0 Å². The third-order valence-electron chi connectivity index (χ3n) is 3.25. The molecule has 0 fully saturated rings. The molecule has 0 bridgehead atoms. The Bertz CT molecular complexity index is 746. The second kappa shape index (κ2) is 21.7. The normalized spacial score (nSPS) is 8.53. The van der Waals surface area contributed by atoms with Crippen molar-refractivity contribution < 1.29 is 23.8 Å². The van der Waals surface area contributed by atoms with Crippen molar-refractivity contribution in [1.29, 1.82) is 5.26 Å². The summed E-state index contributed by atoms with van der Waals surface area (Å²) in [6, 6.07) is 15.2. The highest BCUT2D eigenvalue weighted by molar-refractivity contribution is 5.82. The van der Waals surface area contributed by atoms with Crippen LogP contribution in [-0.2, 0) is 9.59 Å². The van der Waals surface area contributed by atoms with Crippen LogP contribution in [0.2, 0.25) is 0 Å². The average Bonchev–Trinajstić information content (AvgIpc) is 2.87. The maximum atomic E-state index is 9.12. The Labute approximate surface area is 179 Å². The first-order valence-electron chi connectivity index (χ1n) is 8.85. The van der Waals surface area contributed by atoms with Gasteiger partial charge in [0.15, 0.2) is 0 Å². The first-order valence-corrected chi connectivity index (χ1v) is 8.85. The number of nitrogens with zero attached hydrogens (tertiary/aromatic N) is 1. The molecule has 0 heterocycles. The second-order valence-electron chi connectivity index (χ2n) is 4.52. The molecule has 2 rings (SSSR count). The zero-order chi connectivity index (χ0) is 23.9. The Kier molecular flexibility index (Phi) is 22.4. The molecule has 7 nitrogen and oxygen atoms in total. The topological polar surface area (TPSA) is 112 Å². The van der Waals surface area contributed by atoms with Crippen LogP contribution in [-0.4, -0.2) is 42.0 Å². The van der Waals surface area contributed by atoms with E-state index in [1.165, 1.54) is 13.1 Å². The molecule has 2 aromatic rings. The van der Waals surface area contributed by atoms with Gasteiger partial charge in [0.1, 0.15) is 30.8 Å². The summed E-state index contributed by atoms with van der Waals surface area (Å²) in [6.45, 7) is 8.00. The molecule has 0 aliphatic carbocycles. The van der Waals surface area contributed by atoms with E-state index in [1.54, 1.807) is 27.4 Å². The van der Waals surface area contributed by atoms with Crippen LogP contribution in [0.5, 0.6) is 17.2 Å². The van der Waals surface area contributed by atoms with Gasteiger partial charge in [-0.05, 0) is 48.0 Å². The predicted molar refractivity (Wildman–Crippen MR) is 121 cm³/mol. The minimum atomic E-state index is 0.668. The van der Waals surface area contributed by atoms with Gasteiger partial charge in [0, 0.05) is 12.1 Å². The van der Waals surface area contributed by atoms with Gasteiger partial charge in [-0.15, -0.1) is 0 Å². The van der Waals surface area contributed by atoms with Gasteiger partial charge in [0.2, 0.25) is 0 Å². The number of nitrogens with two attached hydrogens (primary N) is 1. The summed E-state index contributed by atoms with van der Waals surface area (Å²) in [5.41, 5.74) is 7.00. The Morgan fingerprint density at radius 3 is 1.67 bits per heavy atom. The van der Waals surface area contributed by atoms with Crippen LogP contribution in [0, 0.1) is 11.3 Å². The molecule has 0 atom stereocenters. The van der Waals surface area contributed by atoms with Crippen molar-refractivity contribution in [2.75, 3.05) is 28.4 Å². The maximum absolute atomic E-state index is 9.12. The fraction of sp³-hybridized carbons (Fsp3) is 0.261. The summed E-state index contributed by atoms with van der Waals surface area (Å²) in [6.07, 6.45) is 1.50. The number of methoxy groups -OCH3 is 3. The summed E-state index contributed by atoms with van der Waals surface area (Å²) in [5, 5.41) is 9.12. The van der Waals surface area contributed by atoms with Gasteiger partial charge in [-0.1, -0.05) is 26.0 Å². The van der Waals surface area contributed by atoms with Crippen LogP contribution in [0.1, 0.15) is 25.0 Å².